The third-order valence-electron chi connectivity index (χ3n) is 3.96. The lowest BCUT2D eigenvalue weighted by atomic mass is 10.2. The standard InChI is InChI=1S/C16H19NO5S/c18-15(17-6-1-2-12(17)16(19)20)5-9-23-11-3-4-13-14(10-11)22-8-7-21-13/h3-4,10,12H,1-2,5-9H2,(H,19,20). The molecule has 23 heavy (non-hydrogen) atoms. The number of carboxylic acid groups (broad SMARTS) is 1. The van der Waals surface area contributed by atoms with E-state index >= 15 is 0 Å². The van der Waals surface area contributed by atoms with Gasteiger partial charge in [0.05, 0.1) is 0 Å². The van der Waals surface area contributed by atoms with Crippen LogP contribution in [0.1, 0.15) is 19.3 Å². The number of carbonyl (C=O) groups is 2. The van der Waals surface area contributed by atoms with Gasteiger partial charge in [0.25, 0.3) is 0 Å². The summed E-state index contributed by atoms with van der Waals surface area (Å²) in [6, 6.07) is 5.08. The van der Waals surface area contributed by atoms with Crippen LogP contribution in [0.3, 0.4) is 0 Å². The van der Waals surface area contributed by atoms with Gasteiger partial charge < -0.3 is 19.5 Å². The molecule has 0 spiro atoms. The summed E-state index contributed by atoms with van der Waals surface area (Å²) < 4.78 is 11.0. The average molecular weight is 337 g/mol. The predicted molar refractivity (Wildman–Crippen MR) is 85.1 cm³/mol. The number of benzene rings is 1. The second-order valence-electron chi connectivity index (χ2n) is 5.49. The smallest absolute Gasteiger partial charge is 0.326 e. The molecule has 1 fully saturated rings. The fraction of sp³-hybridized carbons (Fsp3) is 0.500. The number of carbonyl (C=O) groups excluding carboxylic acids is 1. The van der Waals surface area contributed by atoms with Gasteiger partial charge in [-0.25, -0.2) is 4.79 Å². The molecule has 0 saturated carbocycles. The van der Waals surface area contributed by atoms with Crippen LogP contribution in [-0.2, 0) is 9.59 Å². The second kappa shape index (κ2) is 7.12. The van der Waals surface area contributed by atoms with Crippen molar-refractivity contribution in [3.05, 3.63) is 18.2 Å². The Bertz CT molecular complexity index is 606. The fourth-order valence-electron chi connectivity index (χ4n) is 2.84. The topological polar surface area (TPSA) is 76.1 Å². The number of fused-ring (bicyclic) bond motifs is 1. The highest BCUT2D eigenvalue weighted by Crippen LogP contribution is 2.34. The zero-order chi connectivity index (χ0) is 16.2. The fourth-order valence-corrected chi connectivity index (χ4v) is 3.70. The Labute approximate surface area is 138 Å². The number of hydrogen-bond donors (Lipinski definition) is 1. The normalized spacial score (nSPS) is 19.7. The van der Waals surface area contributed by atoms with Crippen molar-refractivity contribution in [1.82, 2.24) is 4.90 Å². The molecular formula is C16H19NO5S. The lowest BCUT2D eigenvalue weighted by molar-refractivity contribution is -0.148. The van der Waals surface area contributed by atoms with Crippen molar-refractivity contribution >= 4 is 23.6 Å². The molecule has 2 heterocycles. The van der Waals surface area contributed by atoms with Crippen LogP contribution in [0.4, 0.5) is 0 Å². The van der Waals surface area contributed by atoms with E-state index in [1.807, 2.05) is 18.2 Å². The predicted octanol–water partition coefficient (Wildman–Crippen LogP) is 2.02. The third kappa shape index (κ3) is 3.72. The number of aliphatic carboxylic acids is 1. The van der Waals surface area contributed by atoms with Crippen molar-refractivity contribution in [3.63, 3.8) is 0 Å². The molecule has 0 bridgehead atoms. The highest BCUT2D eigenvalue weighted by Gasteiger charge is 2.33. The Balaban J connectivity index is 1.51. The van der Waals surface area contributed by atoms with Gasteiger partial charge >= 0.3 is 5.97 Å². The number of amides is 1. The number of nitrogens with zero attached hydrogens (tertiary/aromatic N) is 1. The van der Waals surface area contributed by atoms with Crippen molar-refractivity contribution in [1.29, 1.82) is 0 Å². The van der Waals surface area contributed by atoms with Crippen molar-refractivity contribution in [2.45, 2.75) is 30.2 Å². The van der Waals surface area contributed by atoms with Crippen molar-refractivity contribution in [2.75, 3.05) is 25.5 Å². The number of likely N-dealkylation sites (tertiary alicyclic amines) is 1. The summed E-state index contributed by atoms with van der Waals surface area (Å²) in [6.07, 6.45) is 1.65. The molecule has 0 radical (unpaired) electrons. The van der Waals surface area contributed by atoms with E-state index in [-0.39, 0.29) is 5.91 Å². The number of carboxylic acids is 1. The molecule has 1 aromatic rings. The van der Waals surface area contributed by atoms with Gasteiger partial charge in [0.1, 0.15) is 19.3 Å². The third-order valence-corrected chi connectivity index (χ3v) is 4.95. The van der Waals surface area contributed by atoms with Crippen LogP contribution in [0.25, 0.3) is 0 Å². The maximum Gasteiger partial charge on any atom is 0.326 e. The molecule has 2 aliphatic rings. The molecule has 1 aromatic carbocycles. The SMILES string of the molecule is O=C(O)C1CCCN1C(=O)CCSc1ccc2c(c1)OCCO2. The van der Waals surface area contributed by atoms with Crippen LogP contribution in [0.5, 0.6) is 11.5 Å². The maximum atomic E-state index is 12.2. The van der Waals surface area contributed by atoms with E-state index in [2.05, 4.69) is 0 Å². The summed E-state index contributed by atoms with van der Waals surface area (Å²) in [6.45, 7) is 1.66. The van der Waals surface area contributed by atoms with Gasteiger partial charge in [-0.3, -0.25) is 4.79 Å². The molecule has 3 rings (SSSR count). The first-order valence-corrected chi connectivity index (χ1v) is 8.68. The van der Waals surface area contributed by atoms with E-state index in [1.54, 1.807) is 11.8 Å². The zero-order valence-electron chi connectivity index (χ0n) is 12.7. The minimum atomic E-state index is -0.907. The number of hydrogen-bond acceptors (Lipinski definition) is 5. The van der Waals surface area contributed by atoms with Gasteiger partial charge in [-0.1, -0.05) is 0 Å². The lowest BCUT2D eigenvalue weighted by Gasteiger charge is -2.21. The van der Waals surface area contributed by atoms with Crippen LogP contribution in [0.2, 0.25) is 0 Å². The summed E-state index contributed by atoms with van der Waals surface area (Å²) in [5, 5.41) is 9.12. The van der Waals surface area contributed by atoms with Gasteiger partial charge in [-0.2, -0.15) is 0 Å². The molecule has 1 atom stereocenters. The van der Waals surface area contributed by atoms with Crippen molar-refractivity contribution < 1.29 is 24.2 Å². The van der Waals surface area contributed by atoms with E-state index in [0.717, 1.165) is 22.8 Å². The molecule has 0 aromatic heterocycles. The summed E-state index contributed by atoms with van der Waals surface area (Å²) in [5.41, 5.74) is 0. The van der Waals surface area contributed by atoms with Crippen LogP contribution in [0.15, 0.2) is 23.1 Å². The Kier molecular flexibility index (Phi) is 4.95. The highest BCUT2D eigenvalue weighted by atomic mass is 32.2. The van der Waals surface area contributed by atoms with E-state index < -0.39 is 12.0 Å². The summed E-state index contributed by atoms with van der Waals surface area (Å²) in [5.74, 6) is 1.10. The number of thioether (sulfide) groups is 1. The van der Waals surface area contributed by atoms with E-state index in [9.17, 15) is 9.59 Å². The number of rotatable bonds is 5. The lowest BCUT2D eigenvalue weighted by Crippen LogP contribution is -2.40. The monoisotopic (exact) mass is 337 g/mol. The van der Waals surface area contributed by atoms with Crippen molar-refractivity contribution in [3.8, 4) is 11.5 Å². The van der Waals surface area contributed by atoms with Gasteiger partial charge in [-0.15, -0.1) is 11.8 Å². The first-order chi connectivity index (χ1) is 11.1. The Morgan fingerprint density at radius 3 is 2.83 bits per heavy atom. The Morgan fingerprint density at radius 2 is 2.04 bits per heavy atom. The van der Waals surface area contributed by atoms with Crippen LogP contribution < -0.4 is 9.47 Å². The second-order valence-corrected chi connectivity index (χ2v) is 6.66. The molecule has 1 saturated heterocycles. The summed E-state index contributed by atoms with van der Waals surface area (Å²) >= 11 is 1.56. The minimum Gasteiger partial charge on any atom is -0.486 e. The van der Waals surface area contributed by atoms with E-state index in [1.165, 1.54) is 4.90 Å². The summed E-state index contributed by atoms with van der Waals surface area (Å²) in [7, 11) is 0. The molecule has 1 unspecified atom stereocenters. The molecular weight excluding hydrogens is 318 g/mol. The highest BCUT2D eigenvalue weighted by molar-refractivity contribution is 7.99. The van der Waals surface area contributed by atoms with Gasteiger partial charge in [0.2, 0.25) is 5.91 Å². The quantitative estimate of drug-likeness (QED) is 0.829. The molecule has 2 aliphatic heterocycles. The minimum absolute atomic E-state index is 0.0834. The molecule has 1 amide bonds. The number of ether oxygens (including phenoxy) is 2. The van der Waals surface area contributed by atoms with Gasteiger partial charge in [0, 0.05) is 23.6 Å². The van der Waals surface area contributed by atoms with E-state index in [4.69, 9.17) is 14.6 Å². The van der Waals surface area contributed by atoms with Crippen molar-refractivity contribution in [2.24, 2.45) is 0 Å². The molecule has 0 aliphatic carbocycles. The maximum absolute atomic E-state index is 12.2. The first-order valence-electron chi connectivity index (χ1n) is 7.70. The van der Waals surface area contributed by atoms with Gasteiger partial charge in [-0.05, 0) is 31.0 Å². The molecule has 124 valence electrons. The Morgan fingerprint density at radius 1 is 1.26 bits per heavy atom. The molecule has 7 heteroatoms. The van der Waals surface area contributed by atoms with Gasteiger partial charge in [0.15, 0.2) is 11.5 Å². The van der Waals surface area contributed by atoms with Crippen LogP contribution in [0, 0.1) is 0 Å². The summed E-state index contributed by atoms with van der Waals surface area (Å²) in [4.78, 5) is 25.8. The zero-order valence-corrected chi connectivity index (χ0v) is 13.5. The molecule has 6 nitrogen and oxygen atoms in total. The van der Waals surface area contributed by atoms with E-state index in [0.29, 0.717) is 38.4 Å². The largest absolute Gasteiger partial charge is 0.486 e. The average Bonchev–Trinajstić information content (AvgIpc) is 3.04. The van der Waals surface area contributed by atoms with Crippen LogP contribution in [-0.4, -0.2) is 53.4 Å². The molecule has 1 N–H and O–H groups in total. The van der Waals surface area contributed by atoms with Crippen LogP contribution >= 0.6 is 11.8 Å². The Hall–Kier alpha value is -1.89. The first kappa shape index (κ1) is 16.0.